The average Bonchev–Trinajstić information content (AvgIpc) is 3.18. The van der Waals surface area contributed by atoms with Crippen molar-refractivity contribution in [2.75, 3.05) is 36.0 Å². The molecular formula is C20H18ClF3N4S. The Morgan fingerprint density at radius 2 is 1.66 bits per heavy atom. The molecule has 9 heteroatoms. The molecule has 0 N–H and O–H groups in total. The maximum Gasteiger partial charge on any atom is 0.416 e. The second-order valence-electron chi connectivity index (χ2n) is 6.82. The molecule has 1 saturated heterocycles. The van der Waals surface area contributed by atoms with Crippen molar-refractivity contribution >= 4 is 34.0 Å². The zero-order valence-electron chi connectivity index (χ0n) is 15.4. The molecule has 0 bridgehead atoms. The highest BCUT2D eigenvalue weighted by atomic mass is 35.5. The van der Waals surface area contributed by atoms with Crippen molar-refractivity contribution in [3.05, 3.63) is 70.5 Å². The third kappa shape index (κ3) is 4.82. The fourth-order valence-electron chi connectivity index (χ4n) is 3.26. The van der Waals surface area contributed by atoms with Gasteiger partial charge < -0.3 is 9.80 Å². The Morgan fingerprint density at radius 1 is 0.966 bits per heavy atom. The molecule has 2 aromatic carbocycles. The maximum atomic E-state index is 12.9. The number of piperazine rings is 1. The van der Waals surface area contributed by atoms with Crippen LogP contribution in [0.1, 0.15) is 17.0 Å². The molecule has 0 aliphatic carbocycles. The van der Waals surface area contributed by atoms with Gasteiger partial charge in [0.15, 0.2) is 0 Å². The zero-order chi connectivity index (χ0) is 20.4. The van der Waals surface area contributed by atoms with Crippen LogP contribution in [0.3, 0.4) is 0 Å². The topological polar surface area (TPSA) is 32.3 Å². The van der Waals surface area contributed by atoms with Crippen molar-refractivity contribution in [1.82, 2.24) is 9.36 Å². The van der Waals surface area contributed by atoms with E-state index in [1.165, 1.54) is 23.7 Å². The molecular weight excluding hydrogens is 421 g/mol. The molecule has 0 unspecified atom stereocenters. The highest BCUT2D eigenvalue weighted by molar-refractivity contribution is 7.09. The second-order valence-corrected chi connectivity index (χ2v) is 7.99. The van der Waals surface area contributed by atoms with Crippen molar-refractivity contribution in [2.45, 2.75) is 12.6 Å². The molecule has 0 spiro atoms. The van der Waals surface area contributed by atoms with Gasteiger partial charge in [-0.25, -0.2) is 4.98 Å². The van der Waals surface area contributed by atoms with E-state index in [2.05, 4.69) is 14.3 Å². The molecule has 3 aromatic rings. The summed E-state index contributed by atoms with van der Waals surface area (Å²) in [5.41, 5.74) is 1.07. The van der Waals surface area contributed by atoms with E-state index < -0.39 is 11.7 Å². The van der Waals surface area contributed by atoms with Gasteiger partial charge in [0.2, 0.25) is 5.13 Å². The molecule has 0 amide bonds. The Morgan fingerprint density at radius 3 is 2.34 bits per heavy atom. The first kappa shape index (κ1) is 20.0. The number of halogens is 4. The van der Waals surface area contributed by atoms with Crippen LogP contribution in [0.5, 0.6) is 0 Å². The first-order valence-corrected chi connectivity index (χ1v) is 10.3. The largest absolute Gasteiger partial charge is 0.416 e. The predicted molar refractivity (Wildman–Crippen MR) is 110 cm³/mol. The molecule has 1 fully saturated rings. The number of nitrogens with zero attached hydrogens (tertiary/aromatic N) is 4. The molecule has 0 atom stereocenters. The van der Waals surface area contributed by atoms with Crippen molar-refractivity contribution in [3.8, 4) is 0 Å². The van der Waals surface area contributed by atoms with E-state index in [1.54, 1.807) is 6.07 Å². The summed E-state index contributed by atoms with van der Waals surface area (Å²) < 4.78 is 43.3. The number of anilines is 2. The fraction of sp³-hybridized carbons (Fsp3) is 0.300. The number of rotatable bonds is 4. The Hall–Kier alpha value is -2.32. The summed E-state index contributed by atoms with van der Waals surface area (Å²) in [4.78, 5) is 8.73. The van der Waals surface area contributed by atoms with Gasteiger partial charge in [-0.15, -0.1) is 0 Å². The van der Waals surface area contributed by atoms with Crippen LogP contribution < -0.4 is 9.80 Å². The van der Waals surface area contributed by atoms with E-state index in [-0.39, 0.29) is 0 Å². The van der Waals surface area contributed by atoms with Crippen LogP contribution in [-0.2, 0) is 12.6 Å². The van der Waals surface area contributed by atoms with E-state index >= 15 is 0 Å². The molecule has 29 heavy (non-hydrogen) atoms. The van der Waals surface area contributed by atoms with E-state index in [4.69, 9.17) is 11.6 Å². The van der Waals surface area contributed by atoms with E-state index in [0.29, 0.717) is 43.3 Å². The summed E-state index contributed by atoms with van der Waals surface area (Å²) in [6, 6.07) is 13.1. The molecule has 1 aliphatic rings. The lowest BCUT2D eigenvalue weighted by molar-refractivity contribution is -0.137. The van der Waals surface area contributed by atoms with Gasteiger partial charge in [0.1, 0.15) is 5.82 Å². The van der Waals surface area contributed by atoms with Crippen LogP contribution in [0.25, 0.3) is 0 Å². The van der Waals surface area contributed by atoms with Crippen molar-refractivity contribution in [3.63, 3.8) is 0 Å². The highest BCUT2D eigenvalue weighted by Gasteiger charge is 2.31. The number of hydrogen-bond acceptors (Lipinski definition) is 5. The van der Waals surface area contributed by atoms with Gasteiger partial charge >= 0.3 is 6.18 Å². The van der Waals surface area contributed by atoms with E-state index in [1.807, 2.05) is 29.2 Å². The first-order valence-electron chi connectivity index (χ1n) is 9.13. The number of benzene rings is 2. The Labute approximate surface area is 175 Å². The van der Waals surface area contributed by atoms with E-state index in [9.17, 15) is 13.2 Å². The lowest BCUT2D eigenvalue weighted by atomic mass is 10.1. The summed E-state index contributed by atoms with van der Waals surface area (Å²) in [7, 11) is 0. The normalized spacial score (nSPS) is 15.0. The Balaban J connectivity index is 1.38. The number of hydrogen-bond donors (Lipinski definition) is 0. The molecule has 4 rings (SSSR count). The van der Waals surface area contributed by atoms with Crippen LogP contribution >= 0.6 is 23.1 Å². The first-order chi connectivity index (χ1) is 13.9. The van der Waals surface area contributed by atoms with Crippen molar-refractivity contribution < 1.29 is 13.2 Å². The minimum atomic E-state index is -4.33. The Kier molecular flexibility index (Phi) is 5.65. The molecule has 0 radical (unpaired) electrons. The third-order valence-corrected chi connectivity index (χ3v) is 5.89. The summed E-state index contributed by atoms with van der Waals surface area (Å²) >= 11 is 7.26. The highest BCUT2D eigenvalue weighted by Crippen LogP contribution is 2.32. The molecule has 1 aliphatic heterocycles. The third-order valence-electron chi connectivity index (χ3n) is 4.82. The average molecular weight is 439 g/mol. The van der Waals surface area contributed by atoms with Crippen LogP contribution in [0.4, 0.5) is 24.0 Å². The van der Waals surface area contributed by atoms with Gasteiger partial charge in [-0.3, -0.25) is 0 Å². The standard InChI is InChI=1S/C20H18ClF3N4S/c21-16-6-4-14(5-7-16)12-18-25-19(29-26-18)28-10-8-27(9-11-28)17-3-1-2-15(13-17)20(22,23)24/h1-7,13H,8-12H2. The molecule has 152 valence electrons. The van der Waals surface area contributed by atoms with Gasteiger partial charge in [-0.1, -0.05) is 29.8 Å². The van der Waals surface area contributed by atoms with Crippen LogP contribution in [0.2, 0.25) is 5.02 Å². The number of alkyl halides is 3. The summed E-state index contributed by atoms with van der Waals surface area (Å²) in [5.74, 6) is 0.757. The van der Waals surface area contributed by atoms with Gasteiger partial charge in [-0.05, 0) is 35.9 Å². The van der Waals surface area contributed by atoms with E-state index in [0.717, 1.165) is 22.6 Å². The molecule has 4 nitrogen and oxygen atoms in total. The molecule has 1 aromatic heterocycles. The monoisotopic (exact) mass is 438 g/mol. The lowest BCUT2D eigenvalue weighted by Gasteiger charge is -2.36. The zero-order valence-corrected chi connectivity index (χ0v) is 16.9. The lowest BCUT2D eigenvalue weighted by Crippen LogP contribution is -2.46. The summed E-state index contributed by atoms with van der Waals surface area (Å²) in [6.07, 6.45) is -3.69. The molecule has 0 saturated carbocycles. The summed E-state index contributed by atoms with van der Waals surface area (Å²) in [6.45, 7) is 2.64. The predicted octanol–water partition coefficient (Wildman–Crippen LogP) is 5.13. The van der Waals surface area contributed by atoms with Gasteiger partial charge in [-0.2, -0.15) is 17.5 Å². The smallest absolute Gasteiger partial charge is 0.368 e. The second kappa shape index (κ2) is 8.20. The fourth-order valence-corrected chi connectivity index (χ4v) is 4.13. The maximum absolute atomic E-state index is 12.9. The summed E-state index contributed by atoms with van der Waals surface area (Å²) in [5, 5.41) is 1.54. The minimum Gasteiger partial charge on any atom is -0.368 e. The van der Waals surface area contributed by atoms with Crippen LogP contribution in [0.15, 0.2) is 48.5 Å². The van der Waals surface area contributed by atoms with Crippen LogP contribution in [0, 0.1) is 0 Å². The molecule has 2 heterocycles. The van der Waals surface area contributed by atoms with Gasteiger partial charge in [0, 0.05) is 54.8 Å². The van der Waals surface area contributed by atoms with Crippen LogP contribution in [-0.4, -0.2) is 35.5 Å². The van der Waals surface area contributed by atoms with Crippen molar-refractivity contribution in [1.29, 1.82) is 0 Å². The minimum absolute atomic E-state index is 0.597. The number of aromatic nitrogens is 2. The Bertz CT molecular complexity index is 966. The van der Waals surface area contributed by atoms with Crippen molar-refractivity contribution in [2.24, 2.45) is 0 Å². The quantitative estimate of drug-likeness (QED) is 0.565. The van der Waals surface area contributed by atoms with Gasteiger partial charge in [0.25, 0.3) is 0 Å². The SMILES string of the molecule is FC(F)(F)c1cccc(N2CCN(c3nc(Cc4ccc(Cl)cc4)ns3)CC2)c1. The van der Waals surface area contributed by atoms with Gasteiger partial charge in [0.05, 0.1) is 5.56 Å².